The number of carbonyl (C=O) groups is 2. The van der Waals surface area contributed by atoms with Gasteiger partial charge in [-0.3, -0.25) is 0 Å². The number of aliphatic hydroxyl groups excluding tert-OH is 1. The smallest absolute Gasteiger partial charge is 0.341 e. The van der Waals surface area contributed by atoms with E-state index >= 15 is 0 Å². The van der Waals surface area contributed by atoms with Crippen LogP contribution in [-0.4, -0.2) is 53.4 Å². The molecule has 1 rings (SSSR count). The number of ether oxygens (including phenoxy) is 1. The number of hydrogen-bond acceptors (Lipinski definition) is 4. The third-order valence-electron chi connectivity index (χ3n) is 2.49. The Bertz CT molecular complexity index is 504. The Morgan fingerprint density at radius 3 is 2.71 bits per heavy atom. The molecule has 0 heterocycles. The van der Waals surface area contributed by atoms with Crippen molar-refractivity contribution in [2.75, 3.05) is 31.6 Å². The number of amides is 2. The van der Waals surface area contributed by atoms with E-state index in [1.807, 2.05) is 0 Å². The number of urea groups is 1. The largest absolute Gasteiger partial charge is 0.480 e. The molecule has 7 nitrogen and oxygen atoms in total. The summed E-state index contributed by atoms with van der Waals surface area (Å²) in [5, 5.41) is 20.2. The molecule has 0 aromatic heterocycles. The first-order chi connectivity index (χ1) is 10.1. The Labute approximate surface area is 122 Å². The summed E-state index contributed by atoms with van der Waals surface area (Å²) in [4.78, 5) is 24.0. The van der Waals surface area contributed by atoms with Gasteiger partial charge in [0, 0.05) is 13.1 Å². The second-order valence-electron chi connectivity index (χ2n) is 4.07. The van der Waals surface area contributed by atoms with E-state index in [0.717, 1.165) is 0 Å². The van der Waals surface area contributed by atoms with E-state index in [1.54, 1.807) is 30.3 Å². The fourth-order valence-corrected chi connectivity index (χ4v) is 1.58. The highest BCUT2D eigenvalue weighted by molar-refractivity contribution is 5.91. The number of carboxylic acids is 1. The summed E-state index contributed by atoms with van der Waals surface area (Å²) in [6.07, 6.45) is 1.54. The molecule has 0 saturated carbocycles. The normalized spacial score (nSPS) is 9.76. The predicted molar refractivity (Wildman–Crippen MR) is 77.4 cm³/mol. The van der Waals surface area contributed by atoms with Crippen molar-refractivity contribution in [2.24, 2.45) is 0 Å². The molecule has 21 heavy (non-hydrogen) atoms. The maximum Gasteiger partial charge on any atom is 0.341 e. The highest BCUT2D eigenvalue weighted by Crippen LogP contribution is 2.24. The molecule has 0 unspecified atom stereocenters. The van der Waals surface area contributed by atoms with Gasteiger partial charge < -0.3 is 25.2 Å². The van der Waals surface area contributed by atoms with Crippen LogP contribution < -0.4 is 10.1 Å². The number of para-hydroxylation sites is 2. The SMILES string of the molecule is C=CCN(CCO)C(=O)Nc1ccccc1OCC(=O)O. The summed E-state index contributed by atoms with van der Waals surface area (Å²) in [7, 11) is 0. The summed E-state index contributed by atoms with van der Waals surface area (Å²) in [6.45, 7) is 3.32. The van der Waals surface area contributed by atoms with Crippen molar-refractivity contribution in [1.29, 1.82) is 0 Å². The lowest BCUT2D eigenvalue weighted by atomic mass is 10.3. The fraction of sp³-hybridized carbons (Fsp3) is 0.286. The molecule has 1 aromatic carbocycles. The molecule has 0 aliphatic carbocycles. The van der Waals surface area contributed by atoms with Gasteiger partial charge >= 0.3 is 12.0 Å². The van der Waals surface area contributed by atoms with Crippen molar-refractivity contribution in [3.8, 4) is 5.75 Å². The molecule has 0 spiro atoms. The third kappa shape index (κ3) is 5.53. The number of aliphatic carboxylic acids is 1. The van der Waals surface area contributed by atoms with Crippen LogP contribution in [0.4, 0.5) is 10.5 Å². The minimum atomic E-state index is -1.11. The average Bonchev–Trinajstić information content (AvgIpc) is 2.46. The number of carboxylic acid groups (broad SMARTS) is 1. The molecule has 0 aliphatic rings. The van der Waals surface area contributed by atoms with Crippen LogP contribution in [0, 0.1) is 0 Å². The number of nitrogens with zero attached hydrogens (tertiary/aromatic N) is 1. The number of anilines is 1. The number of rotatable bonds is 8. The van der Waals surface area contributed by atoms with Gasteiger partial charge in [-0.1, -0.05) is 18.2 Å². The van der Waals surface area contributed by atoms with Crippen molar-refractivity contribution in [3.63, 3.8) is 0 Å². The first-order valence-corrected chi connectivity index (χ1v) is 6.29. The summed E-state index contributed by atoms with van der Waals surface area (Å²) in [6, 6.07) is 6.08. The lowest BCUT2D eigenvalue weighted by molar-refractivity contribution is -0.139. The van der Waals surface area contributed by atoms with Gasteiger partial charge in [0.05, 0.1) is 12.3 Å². The zero-order valence-electron chi connectivity index (χ0n) is 11.5. The van der Waals surface area contributed by atoms with Crippen LogP contribution in [0.1, 0.15) is 0 Å². The molecule has 0 aliphatic heterocycles. The maximum atomic E-state index is 12.1. The Morgan fingerprint density at radius 1 is 1.38 bits per heavy atom. The van der Waals surface area contributed by atoms with E-state index in [9.17, 15) is 9.59 Å². The summed E-state index contributed by atoms with van der Waals surface area (Å²) in [5.41, 5.74) is 0.357. The van der Waals surface area contributed by atoms with Gasteiger partial charge in [0.2, 0.25) is 0 Å². The van der Waals surface area contributed by atoms with Crippen LogP contribution in [-0.2, 0) is 4.79 Å². The Morgan fingerprint density at radius 2 is 2.10 bits per heavy atom. The molecule has 7 heteroatoms. The van der Waals surface area contributed by atoms with Crippen LogP contribution in [0.3, 0.4) is 0 Å². The second kappa shape index (κ2) is 8.60. The van der Waals surface area contributed by atoms with Crippen LogP contribution in [0.5, 0.6) is 5.75 Å². The minimum absolute atomic E-state index is 0.163. The Kier molecular flexibility index (Phi) is 6.76. The first-order valence-electron chi connectivity index (χ1n) is 6.29. The lowest BCUT2D eigenvalue weighted by Gasteiger charge is -2.21. The van der Waals surface area contributed by atoms with Gasteiger partial charge in [0.1, 0.15) is 5.75 Å². The molecule has 3 N–H and O–H groups in total. The van der Waals surface area contributed by atoms with Gasteiger partial charge in [0.25, 0.3) is 0 Å². The summed E-state index contributed by atoms with van der Waals surface area (Å²) in [5.74, 6) is -0.847. The van der Waals surface area contributed by atoms with E-state index in [1.165, 1.54) is 4.90 Å². The predicted octanol–water partition coefficient (Wildman–Crippen LogP) is 1.16. The van der Waals surface area contributed by atoms with Gasteiger partial charge in [-0.15, -0.1) is 6.58 Å². The van der Waals surface area contributed by atoms with Crippen molar-refractivity contribution < 1.29 is 24.5 Å². The van der Waals surface area contributed by atoms with Gasteiger partial charge in [-0.25, -0.2) is 9.59 Å². The monoisotopic (exact) mass is 294 g/mol. The van der Waals surface area contributed by atoms with Crippen LogP contribution in [0.25, 0.3) is 0 Å². The van der Waals surface area contributed by atoms with Gasteiger partial charge in [-0.05, 0) is 12.1 Å². The van der Waals surface area contributed by atoms with Gasteiger partial charge in [-0.2, -0.15) is 0 Å². The third-order valence-corrected chi connectivity index (χ3v) is 2.49. The molecule has 0 bridgehead atoms. The number of benzene rings is 1. The average molecular weight is 294 g/mol. The molecule has 0 fully saturated rings. The van der Waals surface area contributed by atoms with E-state index in [-0.39, 0.29) is 25.4 Å². The van der Waals surface area contributed by atoms with Crippen molar-refractivity contribution in [2.45, 2.75) is 0 Å². The molecule has 114 valence electrons. The minimum Gasteiger partial charge on any atom is -0.480 e. The second-order valence-corrected chi connectivity index (χ2v) is 4.07. The quantitative estimate of drug-likeness (QED) is 0.625. The molecule has 2 amide bonds. The van der Waals surface area contributed by atoms with E-state index in [4.69, 9.17) is 14.9 Å². The fourth-order valence-electron chi connectivity index (χ4n) is 1.58. The summed E-state index contributed by atoms with van der Waals surface area (Å²) < 4.78 is 5.10. The van der Waals surface area contributed by atoms with E-state index in [2.05, 4.69) is 11.9 Å². The number of nitrogens with one attached hydrogen (secondary N) is 1. The molecule has 1 aromatic rings. The standard InChI is InChI=1S/C14H18N2O5/c1-2-7-16(8-9-17)14(20)15-11-5-3-4-6-12(11)21-10-13(18)19/h2-6,17H,1,7-10H2,(H,15,20)(H,18,19). The highest BCUT2D eigenvalue weighted by Gasteiger charge is 2.14. The van der Waals surface area contributed by atoms with Crippen molar-refractivity contribution >= 4 is 17.7 Å². The lowest BCUT2D eigenvalue weighted by Crippen LogP contribution is -2.37. The van der Waals surface area contributed by atoms with E-state index in [0.29, 0.717) is 5.69 Å². The summed E-state index contributed by atoms with van der Waals surface area (Å²) >= 11 is 0. The number of aliphatic hydroxyl groups is 1. The van der Waals surface area contributed by atoms with Crippen LogP contribution in [0.2, 0.25) is 0 Å². The molecule has 0 saturated heterocycles. The van der Waals surface area contributed by atoms with Gasteiger partial charge in [0.15, 0.2) is 6.61 Å². The van der Waals surface area contributed by atoms with Crippen molar-refractivity contribution in [1.82, 2.24) is 4.90 Å². The zero-order valence-corrected chi connectivity index (χ0v) is 11.5. The molecular formula is C14H18N2O5. The highest BCUT2D eigenvalue weighted by atomic mass is 16.5. The van der Waals surface area contributed by atoms with Crippen LogP contribution >= 0.6 is 0 Å². The van der Waals surface area contributed by atoms with Crippen molar-refractivity contribution in [3.05, 3.63) is 36.9 Å². The number of hydrogen-bond donors (Lipinski definition) is 3. The maximum absolute atomic E-state index is 12.1. The van der Waals surface area contributed by atoms with E-state index < -0.39 is 18.6 Å². The first kappa shape index (κ1) is 16.5. The molecule has 0 radical (unpaired) electrons. The number of carbonyl (C=O) groups excluding carboxylic acids is 1. The molecule has 0 atom stereocenters. The molecular weight excluding hydrogens is 276 g/mol. The zero-order chi connectivity index (χ0) is 15.7. The van der Waals surface area contributed by atoms with Crippen LogP contribution in [0.15, 0.2) is 36.9 Å². The Hall–Kier alpha value is -2.54. The topological polar surface area (TPSA) is 99.1 Å². The Balaban J connectivity index is 2.78.